The lowest BCUT2D eigenvalue weighted by atomic mass is 9.95. The average Bonchev–Trinajstić information content (AvgIpc) is 3.12. The molecule has 0 aromatic heterocycles. The minimum atomic E-state index is -4.92. The van der Waals surface area contributed by atoms with Crippen molar-refractivity contribution in [3.63, 3.8) is 0 Å². The van der Waals surface area contributed by atoms with Crippen LogP contribution in [0.2, 0.25) is 0 Å². The van der Waals surface area contributed by atoms with Crippen LogP contribution in [0.1, 0.15) is 29.5 Å². The molecule has 2 aliphatic rings. The fourth-order valence-electron chi connectivity index (χ4n) is 4.08. The number of hydrogen-bond acceptors (Lipinski definition) is 6. The number of alkyl halides is 6. The summed E-state index contributed by atoms with van der Waals surface area (Å²) >= 11 is 0.846. The summed E-state index contributed by atoms with van der Waals surface area (Å²) in [6, 6.07) is 0.843. The molecule has 2 amide bonds. The fraction of sp³-hybridized carbons (Fsp3) is 0.522. The van der Waals surface area contributed by atoms with E-state index in [0.717, 1.165) is 17.8 Å². The monoisotopic (exact) mass is 552 g/mol. The maximum absolute atomic E-state index is 13.5. The van der Waals surface area contributed by atoms with Gasteiger partial charge in [0.15, 0.2) is 5.84 Å². The Balaban J connectivity index is 1.65. The molecule has 0 bridgehead atoms. The third-order valence-corrected chi connectivity index (χ3v) is 6.95. The number of benzene rings is 1. The molecule has 0 saturated carbocycles. The van der Waals surface area contributed by atoms with Crippen LogP contribution in [0.3, 0.4) is 0 Å². The van der Waals surface area contributed by atoms with Gasteiger partial charge in [0.25, 0.3) is 0 Å². The molecule has 1 atom stereocenters. The molecule has 2 N–H and O–H groups in total. The quantitative estimate of drug-likeness (QED) is 0.517. The maximum Gasteiger partial charge on any atom is 0.416 e. The third-order valence-electron chi connectivity index (χ3n) is 6.13. The topological polar surface area (TPSA) is 85.2 Å². The highest BCUT2D eigenvalue weighted by molar-refractivity contribution is 8.18. The van der Waals surface area contributed by atoms with Crippen molar-refractivity contribution in [3.05, 3.63) is 45.9 Å². The number of aliphatic hydroxyl groups is 1. The summed E-state index contributed by atoms with van der Waals surface area (Å²) in [5.74, 6) is -0.495. The Morgan fingerprint density at radius 1 is 1.22 bits per heavy atom. The van der Waals surface area contributed by atoms with Gasteiger partial charge in [0.05, 0.1) is 22.6 Å². The summed E-state index contributed by atoms with van der Waals surface area (Å²) in [5, 5.41) is 11.5. The standard InChI is InChI=1S/C23H26F6N4O3S/c1-32(2)17(12-34)20(35)30-19-18(37-21(36)31-19)9-13-5-7-33(8-6-13)11-14-3-4-15(22(24,25)26)10-16(14)23(27,28)29/h3-4,9-10,13,17,34H,5-8,11-12H2,1-2H3,(H,30,31,35,36)/b18-9-/t17-/m1/s1. The van der Waals surface area contributed by atoms with Crippen LogP contribution in [0, 0.1) is 5.92 Å². The first-order valence-corrected chi connectivity index (χ1v) is 12.1. The van der Waals surface area contributed by atoms with E-state index in [4.69, 9.17) is 0 Å². The number of likely N-dealkylation sites (N-methyl/N-ethyl adjacent to an activating group) is 1. The molecule has 2 aliphatic heterocycles. The SMILES string of the molecule is CN(C)[C@H](CO)C(=O)NC1=NC(=O)S/C1=C\C1CCN(Cc2ccc(C(F)(F)F)cc2C(F)(F)F)CC1. The zero-order valence-electron chi connectivity index (χ0n) is 20.0. The average molecular weight is 553 g/mol. The van der Waals surface area contributed by atoms with Gasteiger partial charge in [-0.15, -0.1) is 0 Å². The van der Waals surface area contributed by atoms with Crippen LogP contribution < -0.4 is 5.32 Å². The Hall–Kier alpha value is -2.42. The Morgan fingerprint density at radius 3 is 2.41 bits per heavy atom. The first kappa shape index (κ1) is 29.1. The molecule has 1 fully saturated rings. The van der Waals surface area contributed by atoms with E-state index in [1.165, 1.54) is 4.90 Å². The predicted molar refractivity (Wildman–Crippen MR) is 126 cm³/mol. The molecule has 37 heavy (non-hydrogen) atoms. The number of amidine groups is 1. The summed E-state index contributed by atoms with van der Waals surface area (Å²) < 4.78 is 79.1. The Labute approximate surface area is 213 Å². The lowest BCUT2D eigenvalue weighted by Gasteiger charge is -2.31. The van der Waals surface area contributed by atoms with Crippen LogP contribution >= 0.6 is 11.8 Å². The van der Waals surface area contributed by atoms with Crippen LogP contribution in [0.4, 0.5) is 31.1 Å². The van der Waals surface area contributed by atoms with Gasteiger partial charge in [-0.25, -0.2) is 0 Å². The van der Waals surface area contributed by atoms with E-state index in [1.807, 2.05) is 0 Å². The van der Waals surface area contributed by atoms with E-state index in [1.54, 1.807) is 25.1 Å². The second kappa shape index (κ2) is 11.5. The van der Waals surface area contributed by atoms with Gasteiger partial charge in [-0.1, -0.05) is 12.1 Å². The highest BCUT2D eigenvalue weighted by atomic mass is 32.2. The molecule has 1 aromatic carbocycles. The number of carbonyl (C=O) groups excluding carboxylic acids is 2. The molecule has 1 saturated heterocycles. The number of rotatable bonds is 6. The molecule has 0 aliphatic carbocycles. The molecule has 0 radical (unpaired) electrons. The lowest BCUT2D eigenvalue weighted by Crippen LogP contribution is -2.47. The maximum atomic E-state index is 13.5. The number of hydrogen-bond donors (Lipinski definition) is 2. The molecule has 14 heteroatoms. The normalized spacial score (nSPS) is 20.0. The molecule has 2 heterocycles. The van der Waals surface area contributed by atoms with Gasteiger partial charge < -0.3 is 10.4 Å². The van der Waals surface area contributed by atoms with Gasteiger partial charge in [-0.3, -0.25) is 19.4 Å². The Bertz CT molecular complexity index is 1080. The number of halogens is 6. The highest BCUT2D eigenvalue weighted by Gasteiger charge is 2.38. The Kier molecular flexibility index (Phi) is 9.09. The number of aliphatic imine (C=N–C) groups is 1. The van der Waals surface area contributed by atoms with E-state index in [2.05, 4.69) is 10.3 Å². The van der Waals surface area contributed by atoms with E-state index in [-0.39, 0.29) is 29.9 Å². The minimum absolute atomic E-state index is 0.0519. The summed E-state index contributed by atoms with van der Waals surface area (Å²) in [5.41, 5.74) is -2.88. The van der Waals surface area contributed by atoms with Crippen LogP contribution in [0.15, 0.2) is 34.2 Å². The number of allylic oxidation sites excluding steroid dienone is 1. The second-order valence-electron chi connectivity index (χ2n) is 8.99. The molecular formula is C23H26F6N4O3S. The van der Waals surface area contributed by atoms with Crippen molar-refractivity contribution >= 4 is 28.7 Å². The van der Waals surface area contributed by atoms with Gasteiger partial charge in [0.1, 0.15) is 6.04 Å². The number of aliphatic hydroxyl groups excluding tert-OH is 1. The van der Waals surface area contributed by atoms with Crippen molar-refractivity contribution in [1.29, 1.82) is 0 Å². The minimum Gasteiger partial charge on any atom is -0.394 e. The molecule has 1 aromatic rings. The summed E-state index contributed by atoms with van der Waals surface area (Å²) in [6.45, 7) is 0.188. The Morgan fingerprint density at radius 2 is 1.86 bits per heavy atom. The molecule has 0 unspecified atom stereocenters. The zero-order valence-corrected chi connectivity index (χ0v) is 20.8. The van der Waals surface area contributed by atoms with Gasteiger partial charge in [-0.2, -0.15) is 31.3 Å². The van der Waals surface area contributed by atoms with Crippen LogP contribution in [-0.2, 0) is 23.7 Å². The number of amides is 2. The van der Waals surface area contributed by atoms with E-state index < -0.39 is 47.3 Å². The highest BCUT2D eigenvalue weighted by Crippen LogP contribution is 2.38. The van der Waals surface area contributed by atoms with E-state index in [9.17, 15) is 41.0 Å². The zero-order chi connectivity index (χ0) is 27.5. The third kappa shape index (κ3) is 7.55. The summed E-state index contributed by atoms with van der Waals surface area (Å²) in [4.78, 5) is 31.8. The van der Waals surface area contributed by atoms with Gasteiger partial charge in [-0.05, 0) is 75.4 Å². The number of carbonyl (C=O) groups is 2. The van der Waals surface area contributed by atoms with Crippen LogP contribution in [0.5, 0.6) is 0 Å². The predicted octanol–water partition coefficient (Wildman–Crippen LogP) is 4.12. The number of nitrogens with one attached hydrogen (secondary N) is 1. The molecular weight excluding hydrogens is 526 g/mol. The molecule has 7 nitrogen and oxygen atoms in total. The number of piperidine rings is 1. The van der Waals surface area contributed by atoms with E-state index in [0.29, 0.717) is 36.9 Å². The molecule has 204 valence electrons. The summed E-state index contributed by atoms with van der Waals surface area (Å²) in [7, 11) is 3.23. The number of nitrogens with zero attached hydrogens (tertiary/aromatic N) is 3. The first-order chi connectivity index (χ1) is 17.2. The fourth-order valence-corrected chi connectivity index (χ4v) is 4.86. The van der Waals surface area contributed by atoms with Crippen molar-refractivity contribution in [2.75, 3.05) is 33.8 Å². The largest absolute Gasteiger partial charge is 0.416 e. The first-order valence-electron chi connectivity index (χ1n) is 11.3. The molecule has 0 spiro atoms. The van der Waals surface area contributed by atoms with Crippen LogP contribution in [0.25, 0.3) is 0 Å². The van der Waals surface area contributed by atoms with E-state index >= 15 is 0 Å². The van der Waals surface area contributed by atoms with Gasteiger partial charge in [0, 0.05) is 6.54 Å². The van der Waals surface area contributed by atoms with Crippen molar-refractivity contribution in [2.24, 2.45) is 10.9 Å². The smallest absolute Gasteiger partial charge is 0.394 e. The summed E-state index contributed by atoms with van der Waals surface area (Å²) in [6.07, 6.45) is -6.96. The molecule has 3 rings (SSSR count). The number of thioether (sulfide) groups is 1. The van der Waals surface area contributed by atoms with Crippen molar-refractivity contribution in [1.82, 2.24) is 15.1 Å². The van der Waals surface area contributed by atoms with Gasteiger partial charge in [0.2, 0.25) is 5.91 Å². The second-order valence-corrected chi connectivity index (χ2v) is 9.98. The van der Waals surface area contributed by atoms with Crippen molar-refractivity contribution in [3.8, 4) is 0 Å². The van der Waals surface area contributed by atoms with Crippen LogP contribution in [-0.4, -0.2) is 71.7 Å². The van der Waals surface area contributed by atoms with Crippen molar-refractivity contribution < 1.29 is 41.0 Å². The number of likely N-dealkylation sites (tertiary alicyclic amines) is 1. The lowest BCUT2D eigenvalue weighted by molar-refractivity contribution is -0.143. The van der Waals surface area contributed by atoms with Gasteiger partial charge >= 0.3 is 17.6 Å². The van der Waals surface area contributed by atoms with Crippen molar-refractivity contribution in [2.45, 2.75) is 37.8 Å².